The number of nitrogens with zero attached hydrogens (tertiary/aromatic N) is 2. The molecule has 0 aliphatic carbocycles. The average Bonchev–Trinajstić information content (AvgIpc) is 2.35. The predicted molar refractivity (Wildman–Crippen MR) is 71.1 cm³/mol. The van der Waals surface area contributed by atoms with E-state index < -0.39 is 4.92 Å². The van der Waals surface area contributed by atoms with Crippen molar-refractivity contribution >= 4 is 0 Å². The molecule has 0 fully saturated rings. The van der Waals surface area contributed by atoms with Gasteiger partial charge in [0.05, 0.1) is 6.07 Å². The van der Waals surface area contributed by atoms with Crippen LogP contribution in [0.2, 0.25) is 0 Å². The molecule has 0 bridgehead atoms. The first-order valence-electron chi connectivity index (χ1n) is 5.24. The van der Waals surface area contributed by atoms with Crippen molar-refractivity contribution in [3.8, 4) is 6.07 Å². The first kappa shape index (κ1) is 20.3. The van der Waals surface area contributed by atoms with Gasteiger partial charge in [0, 0.05) is 11.0 Å². The number of hydrogen-bond donors (Lipinski definition) is 0. The van der Waals surface area contributed by atoms with Crippen LogP contribution in [0, 0.1) is 21.4 Å². The molecule has 0 radical (unpaired) electrons. The van der Waals surface area contributed by atoms with E-state index in [4.69, 9.17) is 15.4 Å². The summed E-state index contributed by atoms with van der Waals surface area (Å²) in [5.74, 6) is 0. The highest BCUT2D eigenvalue weighted by Gasteiger charge is 1.58. The number of benzene rings is 1. The van der Waals surface area contributed by atoms with E-state index in [0.29, 0.717) is 0 Å². The smallest absolute Gasteiger partial charge is 0.194 e. The van der Waals surface area contributed by atoms with Gasteiger partial charge in [-0.05, 0) is 6.92 Å². The molecule has 94 valence electrons. The minimum Gasteiger partial charge on any atom is -0.265 e. The molecule has 0 amide bonds. The van der Waals surface area contributed by atoms with Gasteiger partial charge in [0.2, 0.25) is 0 Å². The van der Waals surface area contributed by atoms with Gasteiger partial charge in [0.15, 0.2) is 7.05 Å². The molecule has 4 nitrogen and oxygen atoms in total. The summed E-state index contributed by atoms with van der Waals surface area (Å²) in [5.41, 5.74) is 0. The molecule has 0 atom stereocenters. The van der Waals surface area contributed by atoms with E-state index in [1.54, 1.807) is 6.08 Å². The summed E-state index contributed by atoms with van der Waals surface area (Å²) in [5, 5.41) is 16.5. The normalized spacial score (nSPS) is 7.00. The molecule has 0 saturated carbocycles. The number of nitro groups is 1. The van der Waals surface area contributed by atoms with Gasteiger partial charge in [-0.1, -0.05) is 56.3 Å². The van der Waals surface area contributed by atoms with Crippen LogP contribution in [0.1, 0.15) is 20.8 Å². The molecule has 1 aromatic rings. The highest BCUT2D eigenvalue weighted by atomic mass is 16.6. The Morgan fingerprint density at radius 3 is 1.41 bits per heavy atom. The van der Waals surface area contributed by atoms with Crippen molar-refractivity contribution in [1.29, 1.82) is 5.26 Å². The van der Waals surface area contributed by atoms with Crippen molar-refractivity contribution in [1.82, 2.24) is 0 Å². The van der Waals surface area contributed by atoms with E-state index in [1.807, 2.05) is 63.2 Å². The Hall–Kier alpha value is -2.15. The Morgan fingerprint density at radius 1 is 1.12 bits per heavy atom. The summed E-state index contributed by atoms with van der Waals surface area (Å²) in [7, 11) is 0.889. The average molecular weight is 236 g/mol. The molecule has 0 N–H and O–H groups in total. The van der Waals surface area contributed by atoms with E-state index in [9.17, 15) is 0 Å². The van der Waals surface area contributed by atoms with Crippen LogP contribution in [0.15, 0.2) is 48.6 Å². The molecular formula is C13H20N2O2. The first-order chi connectivity index (χ1) is 8.15. The molecule has 0 aromatic heterocycles. The maximum Gasteiger partial charge on any atom is 0.194 e. The third-order valence-electron chi connectivity index (χ3n) is 0.908. The Labute approximate surface area is 103 Å². The molecule has 0 spiro atoms. The van der Waals surface area contributed by atoms with Gasteiger partial charge in [-0.3, -0.25) is 10.1 Å². The van der Waals surface area contributed by atoms with E-state index in [-0.39, 0.29) is 0 Å². The highest BCUT2D eigenvalue weighted by Crippen LogP contribution is 1.79. The quantitative estimate of drug-likeness (QED) is 0.392. The second kappa shape index (κ2) is 23.6. The molecule has 0 saturated heterocycles. The maximum absolute atomic E-state index is 8.81. The lowest BCUT2D eigenvalue weighted by Crippen LogP contribution is -1.79. The van der Waals surface area contributed by atoms with Gasteiger partial charge in [0.25, 0.3) is 0 Å². The zero-order valence-electron chi connectivity index (χ0n) is 10.8. The van der Waals surface area contributed by atoms with Crippen molar-refractivity contribution in [3.63, 3.8) is 0 Å². The second-order valence-electron chi connectivity index (χ2n) is 2.22. The summed E-state index contributed by atoms with van der Waals surface area (Å²) in [4.78, 5) is 8.31. The van der Waals surface area contributed by atoms with Crippen LogP contribution in [0.25, 0.3) is 0 Å². The van der Waals surface area contributed by atoms with Crippen LogP contribution in [-0.4, -0.2) is 12.0 Å². The SMILES string of the molecule is CC.CC=CC#N.C[N+](=O)[O-].c1ccccc1. The molecule has 0 unspecified atom stereocenters. The zero-order valence-corrected chi connectivity index (χ0v) is 10.8. The lowest BCUT2D eigenvalue weighted by molar-refractivity contribution is -0.445. The molecular weight excluding hydrogens is 216 g/mol. The highest BCUT2D eigenvalue weighted by molar-refractivity contribution is 4.99. The zero-order chi connectivity index (χ0) is 13.9. The molecule has 4 heteroatoms. The van der Waals surface area contributed by atoms with Gasteiger partial charge in [-0.25, -0.2) is 0 Å². The van der Waals surface area contributed by atoms with E-state index >= 15 is 0 Å². The Morgan fingerprint density at radius 2 is 1.35 bits per heavy atom. The Balaban J connectivity index is -0.000000165. The minimum atomic E-state index is -0.500. The first-order valence-corrected chi connectivity index (χ1v) is 5.24. The number of rotatable bonds is 0. The Kier molecular flexibility index (Phi) is 28.1. The van der Waals surface area contributed by atoms with Gasteiger partial charge in [-0.2, -0.15) is 5.26 Å². The summed E-state index contributed by atoms with van der Waals surface area (Å²) in [6.07, 6.45) is 3.12. The van der Waals surface area contributed by atoms with Crippen LogP contribution < -0.4 is 0 Å². The topological polar surface area (TPSA) is 66.9 Å². The number of allylic oxidation sites excluding steroid dienone is 2. The fourth-order valence-corrected chi connectivity index (χ4v) is 0.459. The van der Waals surface area contributed by atoms with Crippen molar-refractivity contribution in [2.75, 3.05) is 7.05 Å². The van der Waals surface area contributed by atoms with Crippen LogP contribution in [-0.2, 0) is 0 Å². The molecule has 0 heterocycles. The second-order valence-corrected chi connectivity index (χ2v) is 2.22. The molecule has 1 rings (SSSR count). The van der Waals surface area contributed by atoms with Crippen LogP contribution in [0.3, 0.4) is 0 Å². The largest absolute Gasteiger partial charge is 0.265 e. The third-order valence-corrected chi connectivity index (χ3v) is 0.908. The van der Waals surface area contributed by atoms with Crippen LogP contribution >= 0.6 is 0 Å². The standard InChI is InChI=1S/C6H6.C4H5N.C2H6.CH3NO2/c1-2-4-6-5-3-1;1-2-3-4-5;1-2;1-2(3)4/h1-6H;2-3H,1H3;1-2H3;1H3. The fraction of sp³-hybridized carbons (Fsp3) is 0.308. The summed E-state index contributed by atoms with van der Waals surface area (Å²) in [6, 6.07) is 13.8. The van der Waals surface area contributed by atoms with E-state index in [2.05, 4.69) is 0 Å². The van der Waals surface area contributed by atoms with Crippen LogP contribution in [0.5, 0.6) is 0 Å². The molecule has 1 aromatic carbocycles. The van der Waals surface area contributed by atoms with Crippen molar-refractivity contribution in [2.45, 2.75) is 20.8 Å². The summed E-state index contributed by atoms with van der Waals surface area (Å²) in [6.45, 7) is 5.81. The Bertz CT molecular complexity index is 272. The molecule has 0 aliphatic rings. The fourth-order valence-electron chi connectivity index (χ4n) is 0.459. The maximum atomic E-state index is 8.81. The molecule has 0 aliphatic heterocycles. The van der Waals surface area contributed by atoms with Crippen molar-refractivity contribution < 1.29 is 4.92 Å². The van der Waals surface area contributed by atoms with Gasteiger partial charge < -0.3 is 0 Å². The number of hydrogen-bond acceptors (Lipinski definition) is 3. The molecule has 17 heavy (non-hydrogen) atoms. The van der Waals surface area contributed by atoms with E-state index in [0.717, 1.165) is 7.05 Å². The van der Waals surface area contributed by atoms with Crippen LogP contribution in [0.4, 0.5) is 0 Å². The predicted octanol–water partition coefficient (Wildman–Crippen LogP) is 3.69. The van der Waals surface area contributed by atoms with Crippen molar-refractivity contribution in [3.05, 3.63) is 58.7 Å². The minimum absolute atomic E-state index is 0.500. The van der Waals surface area contributed by atoms with Gasteiger partial charge in [0.1, 0.15) is 0 Å². The summed E-state index contributed by atoms with van der Waals surface area (Å²) >= 11 is 0. The van der Waals surface area contributed by atoms with Gasteiger partial charge in [-0.15, -0.1) is 0 Å². The summed E-state index contributed by atoms with van der Waals surface area (Å²) < 4.78 is 0. The third kappa shape index (κ3) is 56.8. The lowest BCUT2D eigenvalue weighted by atomic mass is 10.4. The number of nitriles is 1. The van der Waals surface area contributed by atoms with Crippen molar-refractivity contribution in [2.24, 2.45) is 0 Å². The van der Waals surface area contributed by atoms with Gasteiger partial charge >= 0.3 is 0 Å². The monoisotopic (exact) mass is 236 g/mol. The van der Waals surface area contributed by atoms with E-state index in [1.165, 1.54) is 6.08 Å². The lowest BCUT2D eigenvalue weighted by Gasteiger charge is -1.69.